The molecule has 4 heteroatoms. The largest absolute Gasteiger partial charge is 0.235 e. The first-order chi connectivity index (χ1) is 8.54. The monoisotopic (exact) mass is 264 g/mol. The average molecular weight is 264 g/mol. The van der Waals surface area contributed by atoms with Gasteiger partial charge in [-0.05, 0) is 36.0 Å². The van der Waals surface area contributed by atoms with E-state index in [1.165, 1.54) is 0 Å². The van der Waals surface area contributed by atoms with Crippen molar-refractivity contribution in [2.24, 2.45) is 26.2 Å². The van der Waals surface area contributed by atoms with Crippen LogP contribution in [0.1, 0.15) is 54.4 Å². The molecule has 0 aromatic rings. The quantitative estimate of drug-likeness (QED) is 0.580. The Morgan fingerprint density at radius 1 is 0.947 bits per heavy atom. The van der Waals surface area contributed by atoms with Crippen LogP contribution in [-0.4, -0.2) is 24.2 Å². The molecule has 0 saturated heterocycles. The number of rotatable bonds is 3. The molecule has 0 spiro atoms. The molecule has 1 rings (SSSR count). The summed E-state index contributed by atoms with van der Waals surface area (Å²) in [6.07, 6.45) is 5.00. The molecule has 1 aliphatic rings. The van der Waals surface area contributed by atoms with Crippen LogP contribution in [-0.2, 0) is 9.59 Å². The van der Waals surface area contributed by atoms with Gasteiger partial charge in [0.15, 0.2) is 0 Å². The lowest BCUT2D eigenvalue weighted by molar-refractivity contribution is -0.0772. The number of hydrogen-bond donors (Lipinski definition) is 0. The highest BCUT2D eigenvalue weighted by Crippen LogP contribution is 2.61. The van der Waals surface area contributed by atoms with Crippen molar-refractivity contribution in [1.82, 2.24) is 0 Å². The summed E-state index contributed by atoms with van der Waals surface area (Å²) in [4.78, 5) is 29.1. The van der Waals surface area contributed by atoms with Crippen LogP contribution in [0.3, 0.4) is 0 Å². The van der Waals surface area contributed by atoms with Gasteiger partial charge in [0.1, 0.15) is 0 Å². The van der Waals surface area contributed by atoms with Crippen LogP contribution in [0.5, 0.6) is 0 Å². The van der Waals surface area contributed by atoms with E-state index in [0.717, 1.165) is 12.8 Å². The van der Waals surface area contributed by atoms with E-state index in [2.05, 4.69) is 44.6 Å². The fourth-order valence-corrected chi connectivity index (χ4v) is 3.75. The van der Waals surface area contributed by atoms with Gasteiger partial charge in [-0.1, -0.05) is 34.6 Å². The van der Waals surface area contributed by atoms with Gasteiger partial charge in [-0.15, -0.1) is 0 Å². The second-order valence-electron chi connectivity index (χ2n) is 7.56. The molecular formula is C15H24N2O2. The molecule has 19 heavy (non-hydrogen) atoms. The van der Waals surface area contributed by atoms with E-state index < -0.39 is 5.54 Å². The van der Waals surface area contributed by atoms with Gasteiger partial charge in [0.25, 0.3) is 0 Å². The maximum Gasteiger partial charge on any atom is 0.235 e. The lowest BCUT2D eigenvalue weighted by Crippen LogP contribution is -2.58. The molecule has 0 radical (unpaired) electrons. The predicted octanol–water partition coefficient (Wildman–Crippen LogP) is 3.27. The lowest BCUT2D eigenvalue weighted by atomic mass is 9.46. The van der Waals surface area contributed by atoms with Gasteiger partial charge in [0.2, 0.25) is 12.2 Å². The maximum atomic E-state index is 10.8. The van der Waals surface area contributed by atoms with Crippen LogP contribution in [0, 0.1) is 16.2 Å². The molecule has 106 valence electrons. The Labute approximate surface area is 115 Å². The zero-order chi connectivity index (χ0) is 14.9. The van der Waals surface area contributed by atoms with E-state index in [-0.39, 0.29) is 16.2 Å². The number of nitrogens with zero attached hydrogens (tertiary/aromatic N) is 2. The van der Waals surface area contributed by atoms with Crippen LogP contribution in [0.25, 0.3) is 0 Å². The molecule has 0 amide bonds. The fourth-order valence-electron chi connectivity index (χ4n) is 3.75. The third-order valence-electron chi connectivity index (χ3n) is 5.50. The molecule has 0 aromatic heterocycles. The number of carbonyl (C=O) groups excluding carboxylic acids is 2. The first kappa shape index (κ1) is 15.8. The van der Waals surface area contributed by atoms with Gasteiger partial charge < -0.3 is 0 Å². The van der Waals surface area contributed by atoms with Gasteiger partial charge in [-0.2, -0.15) is 4.99 Å². The van der Waals surface area contributed by atoms with Crippen molar-refractivity contribution in [2.75, 3.05) is 6.54 Å². The Bertz CT molecular complexity index is 457. The van der Waals surface area contributed by atoms with Crippen molar-refractivity contribution in [3.63, 3.8) is 0 Å². The van der Waals surface area contributed by atoms with E-state index in [9.17, 15) is 9.59 Å². The van der Waals surface area contributed by atoms with Crippen molar-refractivity contribution in [2.45, 2.75) is 59.9 Å². The van der Waals surface area contributed by atoms with Gasteiger partial charge >= 0.3 is 0 Å². The Morgan fingerprint density at radius 3 is 2.00 bits per heavy atom. The van der Waals surface area contributed by atoms with Crippen LogP contribution < -0.4 is 0 Å². The minimum atomic E-state index is -0.496. The normalized spacial score (nSPS) is 35.9. The third-order valence-corrected chi connectivity index (χ3v) is 5.50. The van der Waals surface area contributed by atoms with Crippen LogP contribution in [0.2, 0.25) is 0 Å². The summed E-state index contributed by atoms with van der Waals surface area (Å²) in [5.41, 5.74) is -0.801. The maximum absolute atomic E-state index is 10.8. The van der Waals surface area contributed by atoms with E-state index >= 15 is 0 Å². The van der Waals surface area contributed by atoms with Crippen molar-refractivity contribution < 1.29 is 9.59 Å². The van der Waals surface area contributed by atoms with E-state index in [1.54, 1.807) is 12.2 Å². The summed E-state index contributed by atoms with van der Waals surface area (Å²) in [5, 5.41) is 0. The van der Waals surface area contributed by atoms with Crippen molar-refractivity contribution in [3.05, 3.63) is 0 Å². The minimum Gasteiger partial charge on any atom is -0.211 e. The Balaban J connectivity index is 3.30. The molecule has 0 aliphatic heterocycles. The van der Waals surface area contributed by atoms with Crippen LogP contribution >= 0.6 is 0 Å². The van der Waals surface area contributed by atoms with E-state index in [4.69, 9.17) is 0 Å². The summed E-state index contributed by atoms with van der Waals surface area (Å²) in [6.45, 7) is 13.2. The molecule has 1 saturated carbocycles. The summed E-state index contributed by atoms with van der Waals surface area (Å²) in [6, 6.07) is 0. The second-order valence-corrected chi connectivity index (χ2v) is 7.56. The molecule has 2 unspecified atom stereocenters. The second kappa shape index (κ2) is 4.70. The molecule has 1 aliphatic carbocycles. The summed E-state index contributed by atoms with van der Waals surface area (Å²) < 4.78 is 0. The lowest BCUT2D eigenvalue weighted by Gasteiger charge is -2.60. The zero-order valence-electron chi connectivity index (χ0n) is 12.8. The molecule has 0 heterocycles. The molecular weight excluding hydrogens is 240 g/mol. The highest BCUT2D eigenvalue weighted by molar-refractivity contribution is 5.36. The van der Waals surface area contributed by atoms with Crippen LogP contribution in [0.4, 0.5) is 0 Å². The molecule has 0 N–H and O–H groups in total. The fraction of sp³-hybridized carbons (Fsp3) is 0.867. The highest BCUT2D eigenvalue weighted by atomic mass is 16.1. The average Bonchev–Trinajstić information content (AvgIpc) is 2.23. The van der Waals surface area contributed by atoms with Gasteiger partial charge in [0.05, 0.1) is 12.1 Å². The van der Waals surface area contributed by atoms with Crippen molar-refractivity contribution >= 4 is 12.2 Å². The standard InChI is InChI=1S/C15H24N2O2/c1-12(2)7-14(5,9-16-10-18)8-15(6,17-11-19)13(12,3)4/h7-9H2,1-6H3. The highest BCUT2D eigenvalue weighted by Gasteiger charge is 2.59. The number of isocyanates is 2. The van der Waals surface area contributed by atoms with E-state index in [0.29, 0.717) is 6.54 Å². The summed E-state index contributed by atoms with van der Waals surface area (Å²) in [7, 11) is 0. The summed E-state index contributed by atoms with van der Waals surface area (Å²) in [5.74, 6) is 0. The minimum absolute atomic E-state index is 0.0203. The van der Waals surface area contributed by atoms with Crippen LogP contribution in [0.15, 0.2) is 9.98 Å². The van der Waals surface area contributed by atoms with Crippen molar-refractivity contribution in [1.29, 1.82) is 0 Å². The Hall–Kier alpha value is -1.24. The molecule has 0 aromatic carbocycles. The predicted molar refractivity (Wildman–Crippen MR) is 74.4 cm³/mol. The van der Waals surface area contributed by atoms with Gasteiger partial charge in [-0.3, -0.25) is 0 Å². The molecule has 2 atom stereocenters. The van der Waals surface area contributed by atoms with Gasteiger partial charge in [-0.25, -0.2) is 14.6 Å². The van der Waals surface area contributed by atoms with E-state index in [1.807, 2.05) is 6.92 Å². The Morgan fingerprint density at radius 2 is 1.53 bits per heavy atom. The molecule has 1 fully saturated rings. The smallest absolute Gasteiger partial charge is 0.211 e. The number of hydrogen-bond acceptors (Lipinski definition) is 4. The zero-order valence-corrected chi connectivity index (χ0v) is 12.8. The first-order valence-electron chi connectivity index (χ1n) is 6.66. The first-order valence-corrected chi connectivity index (χ1v) is 6.66. The number of aliphatic imine (C=N–C) groups is 2. The molecule has 0 bridgehead atoms. The SMILES string of the molecule is CC1(CN=C=O)CC(C)(C)C(C)(C)C(C)(N=C=O)C1. The third kappa shape index (κ3) is 2.56. The topological polar surface area (TPSA) is 58.9 Å². The molecule has 4 nitrogen and oxygen atoms in total. The van der Waals surface area contributed by atoms with Crippen molar-refractivity contribution in [3.8, 4) is 0 Å². The summed E-state index contributed by atoms with van der Waals surface area (Å²) >= 11 is 0. The Kier molecular flexibility index (Phi) is 3.91. The van der Waals surface area contributed by atoms with Gasteiger partial charge in [0, 0.05) is 0 Å².